The number of rotatable bonds is 5. The van der Waals surface area contributed by atoms with E-state index in [1.54, 1.807) is 12.3 Å². The van der Waals surface area contributed by atoms with E-state index >= 15 is 0 Å². The fraction of sp³-hybridized carbons (Fsp3) is 0.667. The third-order valence-corrected chi connectivity index (χ3v) is 4.71. The van der Waals surface area contributed by atoms with E-state index in [4.69, 9.17) is 11.0 Å². The van der Waals surface area contributed by atoms with Gasteiger partial charge in [0.2, 0.25) is 0 Å². The number of urea groups is 1. The number of nitrogens with zero attached hydrogens (tertiary/aromatic N) is 5. The van der Waals surface area contributed by atoms with Crippen molar-refractivity contribution in [2.24, 2.45) is 5.41 Å². The van der Waals surface area contributed by atoms with Crippen LogP contribution < -0.4 is 11.1 Å². The lowest BCUT2D eigenvalue weighted by Gasteiger charge is -2.27. The van der Waals surface area contributed by atoms with E-state index in [1.807, 2.05) is 18.7 Å². The molecule has 0 bridgehead atoms. The van der Waals surface area contributed by atoms with Crippen LogP contribution in [0.2, 0.25) is 0 Å². The van der Waals surface area contributed by atoms with Crippen LogP contribution in [0.5, 0.6) is 0 Å². The number of nitrogens with two attached hydrogens (primary N) is 1. The lowest BCUT2D eigenvalue weighted by Crippen LogP contribution is -2.44. The second-order valence-corrected chi connectivity index (χ2v) is 7.54. The first kappa shape index (κ1) is 19.9. The van der Waals surface area contributed by atoms with Crippen LogP contribution in [0, 0.1) is 16.7 Å². The molecular weight excluding hydrogens is 330 g/mol. The molecule has 1 aliphatic heterocycles. The number of hydrogen-bond donors (Lipinski definition) is 2. The maximum Gasteiger partial charge on any atom is 0.317 e. The first-order valence-corrected chi connectivity index (χ1v) is 9.02. The summed E-state index contributed by atoms with van der Waals surface area (Å²) in [6, 6.07) is 4.16. The molecule has 2 amide bonds. The number of hydrogen-bond acceptors (Lipinski definition) is 6. The second kappa shape index (κ2) is 8.81. The van der Waals surface area contributed by atoms with Gasteiger partial charge in [0, 0.05) is 31.9 Å². The Morgan fingerprint density at radius 2 is 2.27 bits per heavy atom. The van der Waals surface area contributed by atoms with Crippen LogP contribution in [-0.4, -0.2) is 58.5 Å². The minimum absolute atomic E-state index is 0.0872. The zero-order chi connectivity index (χ0) is 19.2. The van der Waals surface area contributed by atoms with Crippen LogP contribution in [0.15, 0.2) is 12.3 Å². The molecule has 8 nitrogen and oxygen atoms in total. The molecule has 0 aromatic carbocycles. The summed E-state index contributed by atoms with van der Waals surface area (Å²) in [5.74, 6) is 1.19. The molecule has 1 aromatic heterocycles. The molecule has 8 heteroatoms. The average Bonchev–Trinajstić information content (AvgIpc) is 2.86. The van der Waals surface area contributed by atoms with Crippen molar-refractivity contribution in [3.8, 4) is 6.07 Å². The minimum atomic E-state index is -0.554. The summed E-state index contributed by atoms with van der Waals surface area (Å²) < 4.78 is 0. The lowest BCUT2D eigenvalue weighted by molar-refractivity contribution is 0.188. The van der Waals surface area contributed by atoms with E-state index in [-0.39, 0.29) is 6.03 Å². The molecular formula is C18H29N7O. The molecule has 1 aliphatic rings. The SMILES string of the molecule is CN(Cc1nccc(N)n1)[C@H]1CCCN(C(=O)NCC(C)(C)C#N)CC1. The number of carbonyl (C=O) groups is 1. The number of nitrogens with one attached hydrogen (secondary N) is 1. The molecule has 1 atom stereocenters. The van der Waals surface area contributed by atoms with Gasteiger partial charge in [-0.1, -0.05) is 0 Å². The summed E-state index contributed by atoms with van der Waals surface area (Å²) in [5, 5.41) is 11.9. The third kappa shape index (κ3) is 5.85. The fourth-order valence-electron chi connectivity index (χ4n) is 3.01. The number of nitriles is 1. The highest BCUT2D eigenvalue weighted by atomic mass is 16.2. The number of nitrogen functional groups attached to an aromatic ring is 1. The largest absolute Gasteiger partial charge is 0.384 e. The standard InChI is InChI=1S/C18H29N7O/c1-18(2,12-19)13-22-17(26)25-9-4-5-14(7-10-25)24(3)11-16-21-8-6-15(20)23-16/h6,8,14H,4-5,7,9-11,13H2,1-3H3,(H,22,26)(H2,20,21,23)/t14-/m0/s1. The number of amides is 2. The molecule has 2 rings (SSSR count). The zero-order valence-electron chi connectivity index (χ0n) is 15.9. The summed E-state index contributed by atoms with van der Waals surface area (Å²) >= 11 is 0. The molecule has 0 radical (unpaired) electrons. The normalized spacial score (nSPS) is 18.3. The van der Waals surface area contributed by atoms with Gasteiger partial charge in [0.1, 0.15) is 11.6 Å². The van der Waals surface area contributed by atoms with E-state index in [2.05, 4.69) is 33.3 Å². The highest BCUT2D eigenvalue weighted by Crippen LogP contribution is 2.18. The van der Waals surface area contributed by atoms with Crippen LogP contribution in [0.4, 0.5) is 10.6 Å². The number of carbonyl (C=O) groups excluding carboxylic acids is 1. The Labute approximate surface area is 155 Å². The smallest absolute Gasteiger partial charge is 0.317 e. The Hall–Kier alpha value is -2.40. The predicted molar refractivity (Wildman–Crippen MR) is 99.9 cm³/mol. The molecule has 1 fully saturated rings. The van der Waals surface area contributed by atoms with Gasteiger partial charge in [-0.05, 0) is 46.2 Å². The number of anilines is 1. The molecule has 142 valence electrons. The second-order valence-electron chi connectivity index (χ2n) is 7.54. The van der Waals surface area contributed by atoms with Gasteiger partial charge in [-0.25, -0.2) is 14.8 Å². The highest BCUT2D eigenvalue weighted by molar-refractivity contribution is 5.74. The fourth-order valence-corrected chi connectivity index (χ4v) is 3.01. The van der Waals surface area contributed by atoms with Crippen molar-refractivity contribution in [3.05, 3.63) is 18.1 Å². The quantitative estimate of drug-likeness (QED) is 0.826. The van der Waals surface area contributed by atoms with Crippen LogP contribution in [0.25, 0.3) is 0 Å². The Bertz CT molecular complexity index is 655. The Morgan fingerprint density at radius 3 is 2.96 bits per heavy atom. The number of aromatic nitrogens is 2. The first-order valence-electron chi connectivity index (χ1n) is 9.02. The highest BCUT2D eigenvalue weighted by Gasteiger charge is 2.25. The van der Waals surface area contributed by atoms with Crippen molar-refractivity contribution in [2.45, 2.75) is 45.7 Å². The third-order valence-electron chi connectivity index (χ3n) is 4.71. The van der Waals surface area contributed by atoms with E-state index in [1.165, 1.54) is 0 Å². The molecule has 0 saturated carbocycles. The molecule has 3 N–H and O–H groups in total. The first-order chi connectivity index (χ1) is 12.3. The van der Waals surface area contributed by atoms with Crippen LogP contribution in [0.1, 0.15) is 38.9 Å². The molecule has 0 unspecified atom stereocenters. The van der Waals surface area contributed by atoms with Gasteiger partial charge in [-0.15, -0.1) is 0 Å². The van der Waals surface area contributed by atoms with Gasteiger partial charge in [0.05, 0.1) is 18.0 Å². The van der Waals surface area contributed by atoms with Gasteiger partial charge in [-0.2, -0.15) is 5.26 Å². The van der Waals surface area contributed by atoms with E-state index in [0.717, 1.165) is 25.8 Å². The summed E-state index contributed by atoms with van der Waals surface area (Å²) in [6.45, 7) is 6.06. The topological polar surface area (TPSA) is 111 Å². The summed E-state index contributed by atoms with van der Waals surface area (Å²) in [7, 11) is 2.06. The van der Waals surface area contributed by atoms with Crippen molar-refractivity contribution in [1.29, 1.82) is 5.26 Å². The van der Waals surface area contributed by atoms with Crippen molar-refractivity contribution in [1.82, 2.24) is 25.1 Å². The average molecular weight is 359 g/mol. The molecule has 2 heterocycles. The molecule has 26 heavy (non-hydrogen) atoms. The Balaban J connectivity index is 1.85. The monoisotopic (exact) mass is 359 g/mol. The predicted octanol–water partition coefficient (Wildman–Crippen LogP) is 1.60. The minimum Gasteiger partial charge on any atom is -0.384 e. The van der Waals surface area contributed by atoms with Crippen LogP contribution in [-0.2, 0) is 6.54 Å². The number of likely N-dealkylation sites (tertiary alicyclic amines) is 1. The van der Waals surface area contributed by atoms with E-state index in [9.17, 15) is 4.79 Å². The van der Waals surface area contributed by atoms with Crippen molar-refractivity contribution >= 4 is 11.8 Å². The molecule has 0 aliphatic carbocycles. The summed E-state index contributed by atoms with van der Waals surface area (Å²) in [6.07, 6.45) is 4.54. The maximum absolute atomic E-state index is 12.4. The lowest BCUT2D eigenvalue weighted by atomic mass is 9.96. The summed E-state index contributed by atoms with van der Waals surface area (Å²) in [5.41, 5.74) is 5.16. The van der Waals surface area contributed by atoms with Gasteiger partial charge in [0.25, 0.3) is 0 Å². The van der Waals surface area contributed by atoms with Crippen molar-refractivity contribution in [2.75, 3.05) is 32.4 Å². The van der Waals surface area contributed by atoms with Gasteiger partial charge in [0.15, 0.2) is 0 Å². The van der Waals surface area contributed by atoms with Crippen molar-refractivity contribution < 1.29 is 4.79 Å². The zero-order valence-corrected chi connectivity index (χ0v) is 15.9. The Kier molecular flexibility index (Phi) is 6.75. The van der Waals surface area contributed by atoms with E-state index < -0.39 is 5.41 Å². The van der Waals surface area contributed by atoms with Gasteiger partial charge >= 0.3 is 6.03 Å². The van der Waals surface area contributed by atoms with Crippen LogP contribution >= 0.6 is 0 Å². The van der Waals surface area contributed by atoms with Gasteiger partial charge in [-0.3, -0.25) is 4.90 Å². The molecule has 1 saturated heterocycles. The van der Waals surface area contributed by atoms with Crippen molar-refractivity contribution in [3.63, 3.8) is 0 Å². The summed E-state index contributed by atoms with van der Waals surface area (Å²) in [4.78, 5) is 25.0. The maximum atomic E-state index is 12.4. The van der Waals surface area contributed by atoms with Gasteiger partial charge < -0.3 is 16.0 Å². The van der Waals surface area contributed by atoms with Crippen LogP contribution in [0.3, 0.4) is 0 Å². The molecule has 1 aromatic rings. The molecule has 0 spiro atoms. The Morgan fingerprint density at radius 1 is 1.50 bits per heavy atom. The van der Waals surface area contributed by atoms with E-state index in [0.29, 0.717) is 37.3 Å².